The van der Waals surface area contributed by atoms with E-state index in [2.05, 4.69) is 26.2 Å². The maximum absolute atomic E-state index is 12.4. The number of aliphatic imine (C=N–C) groups is 1. The van der Waals surface area contributed by atoms with Crippen molar-refractivity contribution in [2.24, 2.45) is 16.6 Å². The number of hydrogen-bond donors (Lipinski definition) is 2. The molecule has 1 aromatic rings. The summed E-state index contributed by atoms with van der Waals surface area (Å²) < 4.78 is 0.901. The van der Waals surface area contributed by atoms with Crippen LogP contribution in [-0.2, 0) is 15.1 Å². The zero-order valence-electron chi connectivity index (χ0n) is 12.2. The van der Waals surface area contributed by atoms with Gasteiger partial charge in [-0.15, -0.1) is 0 Å². The van der Waals surface area contributed by atoms with Gasteiger partial charge in [-0.25, -0.2) is 4.99 Å². The largest absolute Gasteiger partial charge is 0.370 e. The second kappa shape index (κ2) is 5.39. The van der Waals surface area contributed by atoms with Crippen LogP contribution in [0.1, 0.15) is 18.9 Å². The van der Waals surface area contributed by atoms with Gasteiger partial charge >= 0.3 is 0 Å². The summed E-state index contributed by atoms with van der Waals surface area (Å²) in [4.78, 5) is 30.5. The Morgan fingerprint density at radius 2 is 2.32 bits per heavy atom. The number of benzene rings is 1. The van der Waals surface area contributed by atoms with Crippen molar-refractivity contribution in [1.29, 1.82) is 0 Å². The van der Waals surface area contributed by atoms with Crippen molar-refractivity contribution >= 4 is 33.7 Å². The molecule has 3 rings (SSSR count). The minimum absolute atomic E-state index is 0.0208. The quantitative estimate of drug-likeness (QED) is 0.777. The van der Waals surface area contributed by atoms with Crippen LogP contribution in [-0.4, -0.2) is 35.8 Å². The number of nitrogens with zero attached hydrogens (tertiary/aromatic N) is 2. The summed E-state index contributed by atoms with van der Waals surface area (Å²) >= 11 is 3.46. The second-order valence-corrected chi connectivity index (χ2v) is 6.62. The van der Waals surface area contributed by atoms with E-state index in [1.165, 1.54) is 6.92 Å². The number of nitrogens with two attached hydrogens (primary N) is 1. The first kappa shape index (κ1) is 15.0. The molecule has 2 amide bonds. The molecule has 1 fully saturated rings. The van der Waals surface area contributed by atoms with Crippen LogP contribution in [0, 0.1) is 5.92 Å². The highest BCUT2D eigenvalue weighted by atomic mass is 79.9. The van der Waals surface area contributed by atoms with Crippen LogP contribution in [0.15, 0.2) is 33.7 Å². The van der Waals surface area contributed by atoms with Crippen LogP contribution < -0.4 is 11.1 Å². The summed E-state index contributed by atoms with van der Waals surface area (Å²) in [5.41, 5.74) is 5.88. The molecule has 0 aromatic heterocycles. The van der Waals surface area contributed by atoms with E-state index in [0.29, 0.717) is 19.5 Å². The SMILES string of the molecule is CC(=O)N1CCC2C(=O)NC(N)=NC2(c2cccc(Br)c2)C1. The van der Waals surface area contributed by atoms with E-state index in [1.807, 2.05) is 24.3 Å². The highest BCUT2D eigenvalue weighted by Gasteiger charge is 2.51. The maximum Gasteiger partial charge on any atom is 0.232 e. The first-order valence-electron chi connectivity index (χ1n) is 7.10. The van der Waals surface area contributed by atoms with Crippen LogP contribution in [0.3, 0.4) is 0 Å². The molecule has 6 nitrogen and oxygen atoms in total. The molecule has 1 saturated heterocycles. The van der Waals surface area contributed by atoms with Crippen molar-refractivity contribution < 1.29 is 9.59 Å². The van der Waals surface area contributed by atoms with Crippen LogP contribution in [0.25, 0.3) is 0 Å². The van der Waals surface area contributed by atoms with Crippen LogP contribution in [0.4, 0.5) is 0 Å². The predicted molar refractivity (Wildman–Crippen MR) is 85.9 cm³/mol. The molecule has 7 heteroatoms. The third-order valence-electron chi connectivity index (χ3n) is 4.35. The summed E-state index contributed by atoms with van der Waals surface area (Å²) in [6.45, 7) is 2.45. The molecule has 0 radical (unpaired) electrons. The fourth-order valence-corrected chi connectivity index (χ4v) is 3.70. The monoisotopic (exact) mass is 364 g/mol. The topological polar surface area (TPSA) is 87.8 Å². The van der Waals surface area contributed by atoms with Gasteiger partial charge in [-0.3, -0.25) is 14.9 Å². The van der Waals surface area contributed by atoms with Crippen molar-refractivity contribution in [3.8, 4) is 0 Å². The van der Waals surface area contributed by atoms with Gasteiger partial charge in [0.2, 0.25) is 11.8 Å². The Balaban J connectivity index is 2.15. The van der Waals surface area contributed by atoms with Crippen LogP contribution >= 0.6 is 15.9 Å². The Hall–Kier alpha value is -1.89. The molecular formula is C15H17BrN4O2. The molecule has 0 spiro atoms. The minimum atomic E-state index is -0.819. The van der Waals surface area contributed by atoms with E-state index in [1.54, 1.807) is 4.90 Å². The number of fused-ring (bicyclic) bond motifs is 1. The number of hydrogen-bond acceptors (Lipinski definition) is 4. The lowest BCUT2D eigenvalue weighted by Crippen LogP contribution is -2.61. The van der Waals surface area contributed by atoms with Gasteiger partial charge in [0.15, 0.2) is 5.96 Å². The Bertz CT molecular complexity index is 675. The summed E-state index contributed by atoms with van der Waals surface area (Å²) in [5, 5.41) is 2.61. The highest BCUT2D eigenvalue weighted by Crippen LogP contribution is 2.42. The van der Waals surface area contributed by atoms with Gasteiger partial charge in [0.1, 0.15) is 5.54 Å². The summed E-state index contributed by atoms with van der Waals surface area (Å²) in [6, 6.07) is 7.68. The highest BCUT2D eigenvalue weighted by molar-refractivity contribution is 9.10. The molecule has 2 aliphatic heterocycles. The van der Waals surface area contributed by atoms with Crippen molar-refractivity contribution in [3.05, 3.63) is 34.3 Å². The number of nitrogens with one attached hydrogen (secondary N) is 1. The molecule has 2 unspecified atom stereocenters. The van der Waals surface area contributed by atoms with Crippen molar-refractivity contribution in [2.45, 2.75) is 18.9 Å². The third-order valence-corrected chi connectivity index (χ3v) is 4.85. The van der Waals surface area contributed by atoms with Crippen molar-refractivity contribution in [3.63, 3.8) is 0 Å². The van der Waals surface area contributed by atoms with Crippen LogP contribution in [0.5, 0.6) is 0 Å². The molecule has 2 heterocycles. The average molecular weight is 365 g/mol. The van der Waals surface area contributed by atoms with E-state index in [0.717, 1.165) is 10.0 Å². The number of amides is 2. The van der Waals surface area contributed by atoms with Crippen molar-refractivity contribution in [2.75, 3.05) is 13.1 Å². The summed E-state index contributed by atoms with van der Waals surface area (Å²) in [6.07, 6.45) is 0.564. The van der Waals surface area contributed by atoms with Gasteiger partial charge in [0.05, 0.1) is 12.5 Å². The Morgan fingerprint density at radius 1 is 1.55 bits per heavy atom. The third kappa shape index (κ3) is 2.39. The van der Waals surface area contributed by atoms with E-state index >= 15 is 0 Å². The van der Waals surface area contributed by atoms with Gasteiger partial charge in [-0.1, -0.05) is 28.1 Å². The molecule has 116 valence electrons. The van der Waals surface area contributed by atoms with E-state index in [-0.39, 0.29) is 23.7 Å². The molecule has 2 atom stereocenters. The van der Waals surface area contributed by atoms with E-state index < -0.39 is 5.54 Å². The lowest BCUT2D eigenvalue weighted by molar-refractivity contribution is -0.137. The Kier molecular flexibility index (Phi) is 3.68. The van der Waals surface area contributed by atoms with E-state index in [4.69, 9.17) is 5.73 Å². The van der Waals surface area contributed by atoms with Crippen LogP contribution in [0.2, 0.25) is 0 Å². The first-order chi connectivity index (χ1) is 10.4. The molecular weight excluding hydrogens is 348 g/mol. The maximum atomic E-state index is 12.4. The van der Waals surface area contributed by atoms with Gasteiger partial charge in [0, 0.05) is 17.9 Å². The number of halogens is 1. The standard InChI is InChI=1S/C15H17BrN4O2/c1-9(21)20-6-5-12-13(22)18-14(17)19-15(12,8-20)10-3-2-4-11(16)7-10/h2-4,7,12H,5-6,8H2,1H3,(H3,17,18,19,22). The summed E-state index contributed by atoms with van der Waals surface area (Å²) in [7, 11) is 0. The number of guanidine groups is 1. The normalized spacial score (nSPS) is 27.7. The minimum Gasteiger partial charge on any atom is -0.370 e. The second-order valence-electron chi connectivity index (χ2n) is 5.70. The molecule has 0 bridgehead atoms. The summed E-state index contributed by atoms with van der Waals surface area (Å²) in [5.74, 6) is -0.375. The Morgan fingerprint density at radius 3 is 3.00 bits per heavy atom. The first-order valence-corrected chi connectivity index (χ1v) is 7.89. The van der Waals surface area contributed by atoms with Gasteiger partial charge in [-0.2, -0.15) is 0 Å². The molecule has 1 aromatic carbocycles. The number of piperidine rings is 1. The smallest absolute Gasteiger partial charge is 0.232 e. The fourth-order valence-electron chi connectivity index (χ4n) is 3.30. The fraction of sp³-hybridized carbons (Fsp3) is 0.400. The Labute approximate surface area is 136 Å². The van der Waals surface area contributed by atoms with Crippen molar-refractivity contribution in [1.82, 2.24) is 10.2 Å². The lowest BCUT2D eigenvalue weighted by atomic mass is 9.72. The lowest BCUT2D eigenvalue weighted by Gasteiger charge is -2.47. The van der Waals surface area contributed by atoms with Gasteiger partial charge in [-0.05, 0) is 24.1 Å². The van der Waals surface area contributed by atoms with Gasteiger partial charge < -0.3 is 10.6 Å². The zero-order valence-corrected chi connectivity index (χ0v) is 13.8. The molecule has 3 N–H and O–H groups in total. The van der Waals surface area contributed by atoms with E-state index in [9.17, 15) is 9.59 Å². The molecule has 0 saturated carbocycles. The number of likely N-dealkylation sites (tertiary alicyclic amines) is 1. The average Bonchev–Trinajstić information content (AvgIpc) is 2.46. The zero-order chi connectivity index (χ0) is 15.9. The predicted octanol–water partition coefficient (Wildman–Crippen LogP) is 0.957. The number of carbonyl (C=O) groups excluding carboxylic acids is 2. The molecule has 22 heavy (non-hydrogen) atoms. The number of rotatable bonds is 1. The molecule has 0 aliphatic carbocycles. The number of carbonyl (C=O) groups is 2. The molecule has 2 aliphatic rings. The van der Waals surface area contributed by atoms with Gasteiger partial charge in [0.25, 0.3) is 0 Å².